The molecule has 0 atom stereocenters. The van der Waals surface area contributed by atoms with Gasteiger partial charge in [0.2, 0.25) is 5.71 Å². The summed E-state index contributed by atoms with van der Waals surface area (Å²) < 4.78 is 47.6. The SMILES string of the molecule is [2H]C([2H])([2H])c1cnc(-c2cccc3c2oc2nc(C)ccc23)cc1C([2H])([2H])c1ccccc1. The van der Waals surface area contributed by atoms with Gasteiger partial charge in [-0.1, -0.05) is 42.5 Å². The van der Waals surface area contributed by atoms with E-state index in [2.05, 4.69) is 9.97 Å². The maximum absolute atomic E-state index is 8.82. The fourth-order valence-corrected chi connectivity index (χ4v) is 3.36. The van der Waals surface area contributed by atoms with Crippen LogP contribution in [0.2, 0.25) is 0 Å². The first-order valence-corrected chi connectivity index (χ1v) is 9.02. The first kappa shape index (κ1) is 12.1. The number of benzene rings is 2. The molecule has 3 heterocycles. The van der Waals surface area contributed by atoms with Crippen molar-refractivity contribution in [3.63, 3.8) is 0 Å². The van der Waals surface area contributed by atoms with Crippen molar-refractivity contribution in [3.8, 4) is 11.3 Å². The molecule has 3 aromatic heterocycles. The minimum Gasteiger partial charge on any atom is -0.437 e. The summed E-state index contributed by atoms with van der Waals surface area (Å²) in [6, 6.07) is 19.6. The van der Waals surface area contributed by atoms with E-state index < -0.39 is 13.2 Å². The molecule has 0 amide bonds. The van der Waals surface area contributed by atoms with E-state index in [1.165, 1.54) is 12.3 Å². The summed E-state index contributed by atoms with van der Waals surface area (Å²) in [5, 5.41) is 1.74. The molecule has 0 saturated carbocycles. The van der Waals surface area contributed by atoms with Gasteiger partial charge in [-0.25, -0.2) is 4.98 Å². The number of nitrogens with zero attached hydrogens (tertiary/aromatic N) is 2. The number of hydrogen-bond donors (Lipinski definition) is 0. The quantitative estimate of drug-likeness (QED) is 0.377. The topological polar surface area (TPSA) is 38.9 Å². The molecule has 2 aromatic carbocycles. The van der Waals surface area contributed by atoms with Gasteiger partial charge in [0.05, 0.1) is 5.69 Å². The molecule has 0 aliphatic rings. The van der Waals surface area contributed by atoms with E-state index >= 15 is 0 Å². The summed E-state index contributed by atoms with van der Waals surface area (Å²) in [7, 11) is 0. The third kappa shape index (κ3) is 2.85. The second-order valence-corrected chi connectivity index (χ2v) is 6.70. The van der Waals surface area contributed by atoms with Crippen LogP contribution < -0.4 is 0 Å². The first-order valence-electron chi connectivity index (χ1n) is 11.5. The van der Waals surface area contributed by atoms with Crippen molar-refractivity contribution in [2.45, 2.75) is 20.1 Å². The van der Waals surface area contributed by atoms with Gasteiger partial charge in [-0.15, -0.1) is 0 Å². The summed E-state index contributed by atoms with van der Waals surface area (Å²) in [6.07, 6.45) is -0.786. The average Bonchev–Trinajstić information content (AvgIpc) is 3.16. The van der Waals surface area contributed by atoms with Crippen molar-refractivity contribution in [1.29, 1.82) is 0 Å². The molecule has 0 radical (unpaired) electrons. The number of rotatable bonds is 3. The van der Waals surface area contributed by atoms with Gasteiger partial charge in [-0.3, -0.25) is 4.98 Å². The van der Waals surface area contributed by atoms with Gasteiger partial charge in [0, 0.05) is 35.1 Å². The fourth-order valence-electron chi connectivity index (χ4n) is 3.36. The maximum atomic E-state index is 8.82. The molecule has 3 nitrogen and oxygen atoms in total. The molecule has 0 N–H and O–H groups in total. The predicted octanol–water partition coefficient (Wildman–Crippen LogP) is 6.25. The molecule has 0 saturated heterocycles. The number of furan rings is 1. The highest BCUT2D eigenvalue weighted by Gasteiger charge is 2.14. The Balaban J connectivity index is 1.76. The summed E-state index contributed by atoms with van der Waals surface area (Å²) >= 11 is 0. The molecular weight excluding hydrogens is 344 g/mol. The summed E-state index contributed by atoms with van der Waals surface area (Å²) in [5.41, 5.74) is 3.30. The molecule has 5 rings (SSSR count). The number of aromatic nitrogens is 2. The molecule has 0 unspecified atom stereocenters. The Bertz CT molecular complexity index is 1490. The van der Waals surface area contributed by atoms with E-state index in [1.54, 1.807) is 30.3 Å². The van der Waals surface area contributed by atoms with Gasteiger partial charge in [0.1, 0.15) is 5.58 Å². The van der Waals surface area contributed by atoms with Gasteiger partial charge >= 0.3 is 0 Å². The number of para-hydroxylation sites is 1. The van der Waals surface area contributed by atoms with Gasteiger partial charge in [-0.2, -0.15) is 0 Å². The second-order valence-electron chi connectivity index (χ2n) is 6.70. The van der Waals surface area contributed by atoms with Crippen molar-refractivity contribution in [2.75, 3.05) is 0 Å². The number of aryl methyl sites for hydroxylation is 2. The summed E-state index contributed by atoms with van der Waals surface area (Å²) in [5.74, 6) is 0. The Morgan fingerprint density at radius 1 is 1.00 bits per heavy atom. The lowest BCUT2D eigenvalue weighted by Gasteiger charge is -2.09. The Hall–Kier alpha value is -3.46. The molecule has 3 heteroatoms. The number of fused-ring (bicyclic) bond motifs is 3. The van der Waals surface area contributed by atoms with Crippen LogP contribution in [0.25, 0.3) is 33.3 Å². The zero-order valence-corrected chi connectivity index (χ0v) is 15.2. The molecular formula is C25H20N2O. The van der Waals surface area contributed by atoms with Crippen LogP contribution in [0.5, 0.6) is 0 Å². The van der Waals surface area contributed by atoms with Crippen molar-refractivity contribution >= 4 is 22.1 Å². The van der Waals surface area contributed by atoms with Crippen LogP contribution in [0.3, 0.4) is 0 Å². The molecule has 0 aliphatic carbocycles. The van der Waals surface area contributed by atoms with E-state index in [9.17, 15) is 0 Å². The van der Waals surface area contributed by atoms with Gasteiger partial charge < -0.3 is 4.42 Å². The van der Waals surface area contributed by atoms with Crippen LogP contribution in [-0.2, 0) is 6.37 Å². The lowest BCUT2D eigenvalue weighted by Crippen LogP contribution is -1.95. The molecule has 5 aromatic rings. The lowest BCUT2D eigenvalue weighted by atomic mass is 9.99. The van der Waals surface area contributed by atoms with E-state index in [1.807, 2.05) is 37.3 Å². The van der Waals surface area contributed by atoms with Gasteiger partial charge in [0.15, 0.2) is 0 Å². The first-order chi connectivity index (χ1) is 15.7. The molecule has 0 bridgehead atoms. The smallest absolute Gasteiger partial charge is 0.227 e. The van der Waals surface area contributed by atoms with E-state index in [-0.39, 0.29) is 11.1 Å². The van der Waals surface area contributed by atoms with Crippen LogP contribution in [0.4, 0.5) is 0 Å². The normalized spacial score (nSPS) is 15.0. The third-order valence-corrected chi connectivity index (χ3v) is 4.74. The standard InChI is InChI=1S/C25H20N2O/c1-16-15-26-23(14-19(16)13-18-7-4-3-5-8-18)22-10-6-9-20-21-12-11-17(2)27-25(21)28-24(20)22/h3-12,14-15H,13H2,1-2H3/i1D3,13D2. The van der Waals surface area contributed by atoms with Crippen LogP contribution in [0, 0.1) is 13.8 Å². The van der Waals surface area contributed by atoms with E-state index in [0.29, 0.717) is 28.1 Å². The maximum Gasteiger partial charge on any atom is 0.227 e. The van der Waals surface area contributed by atoms with Crippen LogP contribution in [0.1, 0.15) is 29.2 Å². The van der Waals surface area contributed by atoms with Gasteiger partial charge in [0.25, 0.3) is 0 Å². The number of hydrogen-bond acceptors (Lipinski definition) is 3. The molecule has 0 aliphatic heterocycles. The Morgan fingerprint density at radius 3 is 2.75 bits per heavy atom. The zero-order valence-electron chi connectivity index (χ0n) is 20.2. The molecule has 0 spiro atoms. The summed E-state index contributed by atoms with van der Waals surface area (Å²) in [6.45, 7) is -0.629. The van der Waals surface area contributed by atoms with Gasteiger partial charge in [-0.05, 0) is 61.1 Å². The van der Waals surface area contributed by atoms with E-state index in [4.69, 9.17) is 11.3 Å². The minimum atomic E-state index is -2.52. The predicted molar refractivity (Wildman–Crippen MR) is 113 cm³/mol. The van der Waals surface area contributed by atoms with Crippen molar-refractivity contribution in [2.24, 2.45) is 0 Å². The second kappa shape index (κ2) is 6.61. The monoisotopic (exact) mass is 369 g/mol. The van der Waals surface area contributed by atoms with Crippen LogP contribution in [-0.4, -0.2) is 9.97 Å². The van der Waals surface area contributed by atoms with Crippen LogP contribution in [0.15, 0.2) is 77.3 Å². The Labute approximate surface area is 170 Å². The van der Waals surface area contributed by atoms with Crippen molar-refractivity contribution < 1.29 is 11.3 Å². The fraction of sp³-hybridized carbons (Fsp3) is 0.120. The molecule has 136 valence electrons. The highest BCUT2D eigenvalue weighted by Crippen LogP contribution is 2.35. The third-order valence-electron chi connectivity index (χ3n) is 4.74. The molecule has 0 fully saturated rings. The lowest BCUT2D eigenvalue weighted by molar-refractivity contribution is 0.653. The van der Waals surface area contributed by atoms with E-state index in [0.717, 1.165) is 16.5 Å². The van der Waals surface area contributed by atoms with Crippen molar-refractivity contribution in [3.05, 3.63) is 95.3 Å². The largest absolute Gasteiger partial charge is 0.437 e. The minimum absolute atomic E-state index is 0.0563. The highest BCUT2D eigenvalue weighted by molar-refractivity contribution is 6.08. The Morgan fingerprint density at radius 2 is 1.89 bits per heavy atom. The highest BCUT2D eigenvalue weighted by atomic mass is 16.3. The average molecular weight is 369 g/mol. The zero-order chi connectivity index (χ0) is 23.4. The Kier molecular flexibility index (Phi) is 2.85. The summed E-state index contributed by atoms with van der Waals surface area (Å²) in [4.78, 5) is 8.88. The van der Waals surface area contributed by atoms with Crippen LogP contribution >= 0.6 is 0 Å². The number of pyridine rings is 2. The van der Waals surface area contributed by atoms with Crippen molar-refractivity contribution in [1.82, 2.24) is 9.97 Å². The molecule has 28 heavy (non-hydrogen) atoms.